The minimum atomic E-state index is 0. The van der Waals surface area contributed by atoms with E-state index in [0.717, 1.165) is 19.0 Å². The first-order valence-electron chi connectivity index (χ1n) is 4.21. The van der Waals surface area contributed by atoms with Gasteiger partial charge in [0.15, 0.2) is 5.96 Å². The van der Waals surface area contributed by atoms with E-state index in [9.17, 15) is 0 Å². The second-order valence-corrected chi connectivity index (χ2v) is 3.25. The second kappa shape index (κ2) is 5.41. The van der Waals surface area contributed by atoms with E-state index in [0.29, 0.717) is 5.96 Å². The number of likely N-dealkylation sites (tertiary alicyclic amines) is 1. The largest absolute Gasteiger partial charge is 0.370 e. The Bertz CT molecular complexity index is 150. The van der Waals surface area contributed by atoms with Gasteiger partial charge in [-0.25, -0.2) is 0 Å². The van der Waals surface area contributed by atoms with E-state index in [-0.39, 0.29) is 17.0 Å². The number of hydrogen-bond donors (Lipinski definition) is 1. The minimum absolute atomic E-state index is 0. The van der Waals surface area contributed by atoms with Crippen molar-refractivity contribution in [3.8, 4) is 0 Å². The summed E-state index contributed by atoms with van der Waals surface area (Å²) in [5, 5.41) is 0. The van der Waals surface area contributed by atoms with E-state index in [2.05, 4.69) is 16.8 Å². The normalized spacial score (nSPS) is 20.5. The lowest BCUT2D eigenvalue weighted by atomic mass is 10.00. The van der Waals surface area contributed by atoms with Crippen LogP contribution in [0.2, 0.25) is 0 Å². The fourth-order valence-electron chi connectivity index (χ4n) is 1.38. The molecule has 0 unspecified atom stereocenters. The summed E-state index contributed by atoms with van der Waals surface area (Å²) in [7, 11) is 1.74. The molecular weight excluding hydrogens is 218 g/mol. The van der Waals surface area contributed by atoms with Crippen LogP contribution in [0.5, 0.6) is 0 Å². The molecule has 1 fully saturated rings. The Hall–Kier alpha value is -0.250. The van der Waals surface area contributed by atoms with Crippen LogP contribution in [0.4, 0.5) is 0 Å². The van der Waals surface area contributed by atoms with E-state index in [4.69, 9.17) is 5.73 Å². The number of halogens is 1. The van der Waals surface area contributed by atoms with Crippen molar-refractivity contribution in [1.29, 1.82) is 0 Å². The van der Waals surface area contributed by atoms with Crippen molar-refractivity contribution in [2.45, 2.75) is 19.8 Å². The highest BCUT2D eigenvalue weighted by Gasteiger charge is 2.16. The quantitative estimate of drug-likeness (QED) is 0.508. The molecule has 1 heterocycles. The van der Waals surface area contributed by atoms with Gasteiger partial charge in [0.05, 0.1) is 0 Å². The third-order valence-electron chi connectivity index (χ3n) is 2.34. The zero-order valence-corrected chi connectivity index (χ0v) is 9.50. The molecule has 1 aliphatic heterocycles. The van der Waals surface area contributed by atoms with Crippen molar-refractivity contribution in [2.24, 2.45) is 16.6 Å². The number of aliphatic imine (C=N–C) groups is 1. The van der Waals surface area contributed by atoms with E-state index in [1.54, 1.807) is 7.05 Å². The Labute approximate surface area is 84.8 Å². The highest BCUT2D eigenvalue weighted by atomic mass is 79.9. The smallest absolute Gasteiger partial charge is 0.190 e. The summed E-state index contributed by atoms with van der Waals surface area (Å²) in [6.45, 7) is 4.44. The molecule has 2 N–H and O–H groups in total. The number of nitrogens with two attached hydrogens (primary N) is 1. The molecule has 0 aromatic rings. The molecule has 0 amide bonds. The van der Waals surface area contributed by atoms with Gasteiger partial charge in [0.1, 0.15) is 0 Å². The first-order chi connectivity index (χ1) is 5.24. The lowest BCUT2D eigenvalue weighted by molar-refractivity contribution is 0.278. The standard InChI is InChI=1S/C8H17N3.BrH/c1-7-3-5-11(6-4-7)8(9)10-2;/h7H,3-6H2,1-2H3,(H2,9,10);1H. The number of guanidine groups is 1. The third-order valence-corrected chi connectivity index (χ3v) is 2.34. The Morgan fingerprint density at radius 2 is 1.92 bits per heavy atom. The molecule has 1 aliphatic rings. The SMILES string of the molecule is Br.CN=C(N)N1CCC(C)CC1. The summed E-state index contributed by atoms with van der Waals surface area (Å²) in [5.41, 5.74) is 5.67. The second-order valence-electron chi connectivity index (χ2n) is 3.25. The third kappa shape index (κ3) is 3.01. The van der Waals surface area contributed by atoms with Crippen molar-refractivity contribution in [2.75, 3.05) is 20.1 Å². The van der Waals surface area contributed by atoms with Crippen LogP contribution in [0.3, 0.4) is 0 Å². The number of piperidine rings is 1. The molecule has 0 atom stereocenters. The van der Waals surface area contributed by atoms with Gasteiger partial charge in [0.25, 0.3) is 0 Å². The van der Waals surface area contributed by atoms with Crippen LogP contribution >= 0.6 is 17.0 Å². The molecule has 0 aromatic heterocycles. The maximum Gasteiger partial charge on any atom is 0.190 e. The van der Waals surface area contributed by atoms with Crippen LogP contribution < -0.4 is 5.73 Å². The number of nitrogens with zero attached hydrogens (tertiary/aromatic N) is 2. The average molecular weight is 236 g/mol. The molecule has 0 aliphatic carbocycles. The van der Waals surface area contributed by atoms with Crippen LogP contribution in [0, 0.1) is 5.92 Å². The molecule has 0 aromatic carbocycles. The molecule has 72 valence electrons. The predicted octanol–water partition coefficient (Wildman–Crippen LogP) is 1.24. The van der Waals surface area contributed by atoms with Gasteiger partial charge in [-0.05, 0) is 18.8 Å². The highest BCUT2D eigenvalue weighted by Crippen LogP contribution is 2.15. The minimum Gasteiger partial charge on any atom is -0.370 e. The van der Waals surface area contributed by atoms with Gasteiger partial charge >= 0.3 is 0 Å². The maximum atomic E-state index is 5.67. The maximum absolute atomic E-state index is 5.67. The van der Waals surface area contributed by atoms with E-state index in [1.165, 1.54) is 12.8 Å². The van der Waals surface area contributed by atoms with Crippen LogP contribution in [-0.2, 0) is 0 Å². The summed E-state index contributed by atoms with van der Waals surface area (Å²) >= 11 is 0. The number of rotatable bonds is 0. The number of hydrogen-bond acceptors (Lipinski definition) is 1. The van der Waals surface area contributed by atoms with Crippen molar-refractivity contribution in [3.63, 3.8) is 0 Å². The summed E-state index contributed by atoms with van der Waals surface area (Å²) in [5.74, 6) is 1.55. The van der Waals surface area contributed by atoms with Crippen molar-refractivity contribution in [1.82, 2.24) is 4.90 Å². The van der Waals surface area contributed by atoms with Crippen LogP contribution in [0.15, 0.2) is 4.99 Å². The lowest BCUT2D eigenvalue weighted by Crippen LogP contribution is -2.42. The topological polar surface area (TPSA) is 41.6 Å². The first kappa shape index (κ1) is 11.8. The van der Waals surface area contributed by atoms with E-state index < -0.39 is 0 Å². The van der Waals surface area contributed by atoms with Crippen LogP contribution in [-0.4, -0.2) is 31.0 Å². The van der Waals surface area contributed by atoms with Gasteiger partial charge in [-0.3, -0.25) is 4.99 Å². The van der Waals surface area contributed by atoms with Gasteiger partial charge in [-0.15, -0.1) is 17.0 Å². The lowest BCUT2D eigenvalue weighted by Gasteiger charge is -2.30. The molecule has 12 heavy (non-hydrogen) atoms. The van der Waals surface area contributed by atoms with Gasteiger partial charge in [0, 0.05) is 20.1 Å². The van der Waals surface area contributed by atoms with Crippen LogP contribution in [0.1, 0.15) is 19.8 Å². The Balaban J connectivity index is 0.00000121. The van der Waals surface area contributed by atoms with Gasteiger partial charge in [-0.1, -0.05) is 6.92 Å². The fraction of sp³-hybridized carbons (Fsp3) is 0.875. The molecule has 0 saturated carbocycles. The average Bonchev–Trinajstić information content (AvgIpc) is 2.05. The van der Waals surface area contributed by atoms with Gasteiger partial charge in [-0.2, -0.15) is 0 Å². The monoisotopic (exact) mass is 235 g/mol. The summed E-state index contributed by atoms with van der Waals surface area (Å²) in [6, 6.07) is 0. The molecule has 0 radical (unpaired) electrons. The molecule has 1 saturated heterocycles. The van der Waals surface area contributed by atoms with E-state index >= 15 is 0 Å². The zero-order valence-electron chi connectivity index (χ0n) is 7.79. The fourth-order valence-corrected chi connectivity index (χ4v) is 1.38. The molecule has 4 heteroatoms. The molecule has 3 nitrogen and oxygen atoms in total. The van der Waals surface area contributed by atoms with Crippen molar-refractivity contribution < 1.29 is 0 Å². The summed E-state index contributed by atoms with van der Waals surface area (Å²) < 4.78 is 0. The Morgan fingerprint density at radius 1 is 1.42 bits per heavy atom. The molecule has 0 spiro atoms. The van der Waals surface area contributed by atoms with Gasteiger partial charge < -0.3 is 10.6 Å². The predicted molar refractivity (Wildman–Crippen MR) is 57.8 cm³/mol. The summed E-state index contributed by atoms with van der Waals surface area (Å²) in [6.07, 6.45) is 2.49. The Morgan fingerprint density at radius 3 is 2.33 bits per heavy atom. The van der Waals surface area contributed by atoms with E-state index in [1.807, 2.05) is 0 Å². The molecule has 1 rings (SSSR count). The highest BCUT2D eigenvalue weighted by molar-refractivity contribution is 8.93. The van der Waals surface area contributed by atoms with Crippen LogP contribution in [0.25, 0.3) is 0 Å². The zero-order chi connectivity index (χ0) is 8.27. The Kier molecular flexibility index (Phi) is 5.29. The summed E-state index contributed by atoms with van der Waals surface area (Å²) in [4.78, 5) is 6.11. The van der Waals surface area contributed by atoms with Gasteiger partial charge in [0.2, 0.25) is 0 Å². The van der Waals surface area contributed by atoms with Crippen molar-refractivity contribution in [3.05, 3.63) is 0 Å². The molecular formula is C8H18BrN3. The first-order valence-corrected chi connectivity index (χ1v) is 4.21. The molecule has 0 bridgehead atoms. The van der Waals surface area contributed by atoms with Crippen molar-refractivity contribution >= 4 is 22.9 Å².